The molecule has 7 heteroatoms. The average Bonchev–Trinajstić information content (AvgIpc) is 2.87. The Labute approximate surface area is 110 Å². The Hall–Kier alpha value is -1.89. The number of nitrogens with zero attached hydrogens (tertiary/aromatic N) is 2. The van der Waals surface area contributed by atoms with Gasteiger partial charge >= 0.3 is 5.97 Å². The lowest BCUT2D eigenvalue weighted by Crippen LogP contribution is -2.48. The van der Waals surface area contributed by atoms with Gasteiger partial charge in [-0.1, -0.05) is 5.16 Å². The molecule has 1 N–H and O–H groups in total. The molecule has 1 atom stereocenters. The Balaban J connectivity index is 2.14. The second kappa shape index (κ2) is 5.83. The monoisotopic (exact) mass is 268 g/mol. The minimum atomic E-state index is -0.978. The number of carbonyl (C=O) groups excluding carboxylic acids is 1. The van der Waals surface area contributed by atoms with Gasteiger partial charge in [0.05, 0.1) is 0 Å². The Kier molecular flexibility index (Phi) is 4.16. The number of rotatable bonds is 4. The summed E-state index contributed by atoms with van der Waals surface area (Å²) in [6.07, 6.45) is 2.09. The number of hydrogen-bond acceptors (Lipinski definition) is 5. The average molecular weight is 268 g/mol. The number of carboxylic acids is 1. The van der Waals surface area contributed by atoms with E-state index in [-0.39, 0.29) is 12.3 Å². The van der Waals surface area contributed by atoms with E-state index in [1.54, 1.807) is 0 Å². The van der Waals surface area contributed by atoms with Crippen molar-refractivity contribution in [3.8, 4) is 0 Å². The van der Waals surface area contributed by atoms with Crippen molar-refractivity contribution in [2.24, 2.45) is 0 Å². The van der Waals surface area contributed by atoms with Crippen molar-refractivity contribution in [2.75, 3.05) is 13.7 Å². The van der Waals surface area contributed by atoms with Crippen LogP contribution < -0.4 is 0 Å². The highest BCUT2D eigenvalue weighted by molar-refractivity contribution is 5.95. The van der Waals surface area contributed by atoms with Crippen molar-refractivity contribution >= 4 is 11.9 Å². The summed E-state index contributed by atoms with van der Waals surface area (Å²) >= 11 is 0. The predicted molar refractivity (Wildman–Crippen MR) is 63.5 cm³/mol. The van der Waals surface area contributed by atoms with Gasteiger partial charge in [0.15, 0.2) is 11.5 Å². The molecule has 0 aliphatic carbocycles. The topological polar surface area (TPSA) is 92.9 Å². The van der Waals surface area contributed by atoms with Gasteiger partial charge in [0, 0.05) is 19.7 Å². The molecule has 0 aromatic carbocycles. The molecule has 0 spiro atoms. The lowest BCUT2D eigenvalue weighted by Gasteiger charge is -2.32. The maximum absolute atomic E-state index is 12.2. The van der Waals surface area contributed by atoms with Crippen molar-refractivity contribution in [3.63, 3.8) is 0 Å². The number of ether oxygens (including phenoxy) is 1. The second-order valence-corrected chi connectivity index (χ2v) is 4.46. The first-order valence-corrected chi connectivity index (χ1v) is 6.11. The fourth-order valence-corrected chi connectivity index (χ4v) is 2.20. The summed E-state index contributed by atoms with van der Waals surface area (Å²) in [5.74, 6) is -0.943. The second-order valence-electron chi connectivity index (χ2n) is 4.46. The maximum atomic E-state index is 12.2. The number of aliphatic carboxylic acids is 1. The smallest absolute Gasteiger partial charge is 0.326 e. The number of hydrogen-bond donors (Lipinski definition) is 1. The molecule has 2 rings (SSSR count). The van der Waals surface area contributed by atoms with Crippen LogP contribution in [0.3, 0.4) is 0 Å². The number of piperidine rings is 1. The summed E-state index contributed by atoms with van der Waals surface area (Å²) < 4.78 is 9.82. The molecule has 1 saturated heterocycles. The van der Waals surface area contributed by atoms with Gasteiger partial charge in [0.2, 0.25) is 0 Å². The highest BCUT2D eigenvalue weighted by atomic mass is 16.5. The zero-order valence-corrected chi connectivity index (χ0v) is 10.7. The lowest BCUT2D eigenvalue weighted by atomic mass is 10.0. The van der Waals surface area contributed by atoms with E-state index in [9.17, 15) is 9.59 Å². The highest BCUT2D eigenvalue weighted by Crippen LogP contribution is 2.20. The van der Waals surface area contributed by atoms with Crippen LogP contribution in [-0.2, 0) is 16.1 Å². The molecular formula is C12H16N2O5. The first-order chi connectivity index (χ1) is 9.13. The van der Waals surface area contributed by atoms with Crippen LogP contribution in [0.5, 0.6) is 0 Å². The van der Waals surface area contributed by atoms with Crippen LogP contribution in [0.25, 0.3) is 0 Å². The standard InChI is InChI=1S/C12H16N2O5/c1-18-7-8-6-9(13-19-8)11(15)14-5-3-2-4-10(14)12(16)17/h6,10H,2-5,7H2,1H3,(H,16,17). The van der Waals surface area contributed by atoms with Gasteiger partial charge in [0.25, 0.3) is 5.91 Å². The molecule has 7 nitrogen and oxygen atoms in total. The van der Waals surface area contributed by atoms with E-state index >= 15 is 0 Å². The van der Waals surface area contributed by atoms with Gasteiger partial charge < -0.3 is 19.3 Å². The minimum Gasteiger partial charge on any atom is -0.480 e. The third-order valence-corrected chi connectivity index (χ3v) is 3.11. The van der Waals surface area contributed by atoms with Crippen LogP contribution in [0.1, 0.15) is 35.5 Å². The lowest BCUT2D eigenvalue weighted by molar-refractivity contribution is -0.143. The van der Waals surface area contributed by atoms with Gasteiger partial charge in [-0.25, -0.2) is 4.79 Å². The van der Waals surface area contributed by atoms with Gasteiger partial charge in [0.1, 0.15) is 12.6 Å². The molecule has 1 aromatic heterocycles. The van der Waals surface area contributed by atoms with Gasteiger partial charge in [-0.2, -0.15) is 0 Å². The van der Waals surface area contributed by atoms with Crippen molar-refractivity contribution in [2.45, 2.75) is 31.9 Å². The van der Waals surface area contributed by atoms with Crippen LogP contribution in [0.15, 0.2) is 10.6 Å². The number of amides is 1. The van der Waals surface area contributed by atoms with Crippen LogP contribution >= 0.6 is 0 Å². The molecule has 0 radical (unpaired) electrons. The summed E-state index contributed by atoms with van der Waals surface area (Å²) in [5.41, 5.74) is 0.125. The fraction of sp³-hybridized carbons (Fsp3) is 0.583. The molecule has 1 aliphatic heterocycles. The van der Waals surface area contributed by atoms with Crippen molar-refractivity contribution in [3.05, 3.63) is 17.5 Å². The molecule has 19 heavy (non-hydrogen) atoms. The van der Waals surface area contributed by atoms with Gasteiger partial charge in [-0.3, -0.25) is 4.79 Å². The number of carbonyl (C=O) groups is 2. The fourth-order valence-electron chi connectivity index (χ4n) is 2.20. The molecular weight excluding hydrogens is 252 g/mol. The number of likely N-dealkylation sites (tertiary alicyclic amines) is 1. The van der Waals surface area contributed by atoms with Crippen LogP contribution in [0.4, 0.5) is 0 Å². The molecule has 2 heterocycles. The van der Waals surface area contributed by atoms with Crippen LogP contribution in [-0.4, -0.2) is 46.7 Å². The molecule has 1 fully saturated rings. The SMILES string of the molecule is COCc1cc(C(=O)N2CCCCC2C(=O)O)no1. The van der Waals surface area contributed by atoms with Crippen LogP contribution in [0.2, 0.25) is 0 Å². The van der Waals surface area contributed by atoms with Crippen molar-refractivity contribution in [1.82, 2.24) is 10.1 Å². The first-order valence-electron chi connectivity index (χ1n) is 6.11. The van der Waals surface area contributed by atoms with E-state index in [2.05, 4.69) is 5.16 Å². The molecule has 1 aromatic rings. The van der Waals surface area contributed by atoms with E-state index in [1.807, 2.05) is 0 Å². The van der Waals surface area contributed by atoms with Gasteiger partial charge in [-0.15, -0.1) is 0 Å². The molecule has 1 unspecified atom stereocenters. The maximum Gasteiger partial charge on any atom is 0.326 e. The Morgan fingerprint density at radius 3 is 3.05 bits per heavy atom. The Morgan fingerprint density at radius 1 is 1.58 bits per heavy atom. The Morgan fingerprint density at radius 2 is 2.37 bits per heavy atom. The van der Waals surface area contributed by atoms with E-state index in [0.29, 0.717) is 18.7 Å². The Bertz CT molecular complexity index is 470. The molecule has 0 bridgehead atoms. The normalized spacial score (nSPS) is 19.4. The largest absolute Gasteiger partial charge is 0.480 e. The van der Waals surface area contributed by atoms with E-state index in [1.165, 1.54) is 18.1 Å². The van der Waals surface area contributed by atoms with E-state index in [0.717, 1.165) is 12.8 Å². The predicted octanol–water partition coefficient (Wildman–Crippen LogP) is 0.900. The third-order valence-electron chi connectivity index (χ3n) is 3.11. The van der Waals surface area contributed by atoms with Gasteiger partial charge in [-0.05, 0) is 19.3 Å². The van der Waals surface area contributed by atoms with E-state index in [4.69, 9.17) is 14.4 Å². The quantitative estimate of drug-likeness (QED) is 0.872. The summed E-state index contributed by atoms with van der Waals surface area (Å²) in [7, 11) is 1.51. The number of aromatic nitrogens is 1. The van der Waals surface area contributed by atoms with Crippen molar-refractivity contribution < 1.29 is 24.0 Å². The van der Waals surface area contributed by atoms with Crippen LogP contribution in [0, 0.1) is 0 Å². The zero-order valence-electron chi connectivity index (χ0n) is 10.7. The highest BCUT2D eigenvalue weighted by Gasteiger charge is 2.33. The molecule has 1 aliphatic rings. The summed E-state index contributed by atoms with van der Waals surface area (Å²) in [6.45, 7) is 0.658. The minimum absolute atomic E-state index is 0.125. The molecule has 104 valence electrons. The molecule has 0 saturated carbocycles. The first kappa shape index (κ1) is 13.5. The summed E-state index contributed by atoms with van der Waals surface area (Å²) in [5, 5.41) is 12.8. The number of methoxy groups -OCH3 is 1. The summed E-state index contributed by atoms with van der Waals surface area (Å²) in [6, 6.07) is 0.711. The summed E-state index contributed by atoms with van der Waals surface area (Å²) in [4.78, 5) is 24.7. The zero-order chi connectivity index (χ0) is 13.8. The third kappa shape index (κ3) is 2.93. The van der Waals surface area contributed by atoms with Crippen molar-refractivity contribution in [1.29, 1.82) is 0 Å². The van der Waals surface area contributed by atoms with E-state index < -0.39 is 17.9 Å². The molecule has 1 amide bonds. The number of carboxylic acid groups (broad SMARTS) is 1.